The molecule has 5 nitrogen and oxygen atoms in total. The van der Waals surface area contributed by atoms with Crippen molar-refractivity contribution in [2.75, 3.05) is 12.4 Å². The molecule has 0 aliphatic rings. The molecule has 0 fully saturated rings. The van der Waals surface area contributed by atoms with E-state index in [0.29, 0.717) is 34.3 Å². The van der Waals surface area contributed by atoms with Crippen molar-refractivity contribution in [3.8, 4) is 5.75 Å². The number of thioether (sulfide) groups is 1. The summed E-state index contributed by atoms with van der Waals surface area (Å²) in [5.41, 5.74) is 2.74. The largest absolute Gasteiger partial charge is 0.490 e. The Labute approximate surface area is 175 Å². The zero-order valence-corrected chi connectivity index (χ0v) is 18.2. The van der Waals surface area contributed by atoms with Crippen LogP contribution >= 0.6 is 11.8 Å². The normalized spacial score (nSPS) is 12.5. The van der Waals surface area contributed by atoms with Crippen molar-refractivity contribution in [1.82, 2.24) is 9.55 Å². The van der Waals surface area contributed by atoms with Crippen LogP contribution in [0.5, 0.6) is 5.75 Å². The molecule has 6 heteroatoms. The van der Waals surface area contributed by atoms with E-state index in [1.165, 1.54) is 11.8 Å². The number of para-hydroxylation sites is 2. The molecule has 0 unspecified atom stereocenters. The predicted molar refractivity (Wildman–Crippen MR) is 119 cm³/mol. The van der Waals surface area contributed by atoms with Crippen molar-refractivity contribution in [3.05, 3.63) is 63.9 Å². The average Bonchev–Trinajstić information content (AvgIpc) is 2.68. The highest BCUT2D eigenvalue weighted by Crippen LogP contribution is 2.24. The molecule has 154 valence electrons. The number of hydrogen-bond acceptors (Lipinski definition) is 5. The van der Waals surface area contributed by atoms with E-state index in [2.05, 4.69) is 18.8 Å². The summed E-state index contributed by atoms with van der Waals surface area (Å²) in [5, 5.41) is 11.7. The summed E-state index contributed by atoms with van der Waals surface area (Å²) in [6.07, 6.45) is -0.671. The first-order valence-electron chi connectivity index (χ1n) is 9.86. The van der Waals surface area contributed by atoms with Gasteiger partial charge in [0.05, 0.1) is 17.0 Å². The van der Waals surface area contributed by atoms with E-state index in [0.717, 1.165) is 16.9 Å². The van der Waals surface area contributed by atoms with Crippen LogP contribution in [0.1, 0.15) is 25.0 Å². The van der Waals surface area contributed by atoms with Gasteiger partial charge < -0.3 is 9.84 Å². The molecule has 0 radical (unpaired) electrons. The molecule has 1 heterocycles. The molecule has 0 aliphatic carbocycles. The molecule has 1 aromatic heterocycles. The number of rotatable bonds is 8. The van der Waals surface area contributed by atoms with Crippen molar-refractivity contribution < 1.29 is 9.84 Å². The van der Waals surface area contributed by atoms with Crippen LogP contribution < -0.4 is 10.3 Å². The summed E-state index contributed by atoms with van der Waals surface area (Å²) in [6.45, 7) is 8.92. The maximum Gasteiger partial charge on any atom is 0.262 e. The average molecular weight is 413 g/mol. The quantitative estimate of drug-likeness (QED) is 0.444. The predicted octanol–water partition coefficient (Wildman–Crippen LogP) is 4.20. The van der Waals surface area contributed by atoms with Gasteiger partial charge in [-0.2, -0.15) is 0 Å². The highest BCUT2D eigenvalue weighted by Gasteiger charge is 2.15. The van der Waals surface area contributed by atoms with Gasteiger partial charge in [0.25, 0.3) is 5.56 Å². The van der Waals surface area contributed by atoms with Crippen molar-refractivity contribution in [3.63, 3.8) is 0 Å². The Morgan fingerprint density at radius 1 is 1.10 bits per heavy atom. The van der Waals surface area contributed by atoms with Crippen molar-refractivity contribution in [2.24, 2.45) is 5.92 Å². The van der Waals surface area contributed by atoms with Gasteiger partial charge in [0.2, 0.25) is 0 Å². The summed E-state index contributed by atoms with van der Waals surface area (Å²) >= 11 is 1.39. The van der Waals surface area contributed by atoms with Gasteiger partial charge in [-0.15, -0.1) is 0 Å². The van der Waals surface area contributed by atoms with Crippen molar-refractivity contribution in [1.29, 1.82) is 0 Å². The first-order chi connectivity index (χ1) is 13.9. The summed E-state index contributed by atoms with van der Waals surface area (Å²) in [5.74, 6) is 1.53. The minimum atomic E-state index is -0.671. The summed E-state index contributed by atoms with van der Waals surface area (Å²) in [6, 6.07) is 13.4. The zero-order valence-electron chi connectivity index (χ0n) is 17.4. The maximum atomic E-state index is 12.9. The Hall–Kier alpha value is -2.31. The molecule has 3 aromatic rings. The summed E-state index contributed by atoms with van der Waals surface area (Å²) in [4.78, 5) is 17.6. The Bertz CT molecular complexity index is 1030. The van der Waals surface area contributed by atoms with E-state index in [1.54, 1.807) is 4.57 Å². The molecule has 1 atom stereocenters. The third-order valence-electron chi connectivity index (χ3n) is 4.61. The first-order valence-corrected chi connectivity index (χ1v) is 10.8. The fraction of sp³-hybridized carbons (Fsp3) is 0.391. The van der Waals surface area contributed by atoms with Crippen LogP contribution in [0.3, 0.4) is 0 Å². The molecule has 0 saturated heterocycles. The third kappa shape index (κ3) is 5.19. The van der Waals surface area contributed by atoms with Gasteiger partial charge in [-0.25, -0.2) is 4.98 Å². The lowest BCUT2D eigenvalue weighted by molar-refractivity contribution is 0.125. The summed E-state index contributed by atoms with van der Waals surface area (Å²) in [7, 11) is 0. The molecule has 0 saturated carbocycles. The molecule has 2 aromatic carbocycles. The lowest BCUT2D eigenvalue weighted by Crippen LogP contribution is -2.27. The first kappa shape index (κ1) is 21.4. The minimum Gasteiger partial charge on any atom is -0.490 e. The van der Waals surface area contributed by atoms with Gasteiger partial charge in [0.1, 0.15) is 12.4 Å². The fourth-order valence-electron chi connectivity index (χ4n) is 3.21. The van der Waals surface area contributed by atoms with Gasteiger partial charge in [-0.05, 0) is 43.0 Å². The van der Waals surface area contributed by atoms with Crippen LogP contribution in [0.2, 0.25) is 0 Å². The number of aromatic nitrogens is 2. The summed E-state index contributed by atoms with van der Waals surface area (Å²) < 4.78 is 7.57. The number of aliphatic hydroxyl groups excluding tert-OH is 1. The van der Waals surface area contributed by atoms with Crippen molar-refractivity contribution >= 4 is 22.7 Å². The molecule has 1 N–H and O–H groups in total. The van der Waals surface area contributed by atoms with Crippen molar-refractivity contribution in [2.45, 2.75) is 45.5 Å². The van der Waals surface area contributed by atoms with E-state index in [1.807, 2.05) is 56.3 Å². The van der Waals surface area contributed by atoms with Crippen LogP contribution in [-0.2, 0) is 6.54 Å². The van der Waals surface area contributed by atoms with E-state index in [4.69, 9.17) is 4.74 Å². The highest BCUT2D eigenvalue weighted by molar-refractivity contribution is 7.99. The Morgan fingerprint density at radius 3 is 2.48 bits per heavy atom. The number of aryl methyl sites for hydroxylation is 2. The lowest BCUT2D eigenvalue weighted by Gasteiger charge is -2.17. The molecule has 0 aliphatic heterocycles. The zero-order chi connectivity index (χ0) is 21.0. The van der Waals surface area contributed by atoms with Gasteiger partial charge in [0.15, 0.2) is 5.16 Å². The van der Waals surface area contributed by atoms with Crippen LogP contribution in [0.25, 0.3) is 10.9 Å². The topological polar surface area (TPSA) is 64.3 Å². The van der Waals surface area contributed by atoms with Gasteiger partial charge in [-0.3, -0.25) is 9.36 Å². The van der Waals surface area contributed by atoms with Gasteiger partial charge >= 0.3 is 0 Å². The van der Waals surface area contributed by atoms with E-state index in [9.17, 15) is 9.90 Å². The number of hydrogen-bond donors (Lipinski definition) is 1. The molecule has 3 rings (SSSR count). The molecule has 0 bridgehead atoms. The Balaban J connectivity index is 1.74. The van der Waals surface area contributed by atoms with Crippen LogP contribution in [0, 0.1) is 19.8 Å². The number of aliphatic hydroxyl groups is 1. The number of ether oxygens (including phenoxy) is 1. The minimum absolute atomic E-state index is 0.0342. The van der Waals surface area contributed by atoms with Gasteiger partial charge in [-0.1, -0.05) is 55.9 Å². The standard InChI is InChI=1S/C23H28N2O3S/c1-15(2)12-25-22(27)19-10-5-6-11-20(19)24-23(25)29-14-18(26)13-28-21-16(3)8-7-9-17(21)4/h5-11,15,18,26H,12-14H2,1-4H3/t18-/m1/s1. The molecule has 0 spiro atoms. The number of benzene rings is 2. The van der Waals surface area contributed by atoms with Crippen LogP contribution in [0.15, 0.2) is 52.4 Å². The molecular formula is C23H28N2O3S. The second-order valence-electron chi connectivity index (χ2n) is 7.72. The monoisotopic (exact) mass is 412 g/mol. The Morgan fingerprint density at radius 2 is 1.79 bits per heavy atom. The van der Waals surface area contributed by atoms with Crippen LogP contribution in [-0.4, -0.2) is 33.1 Å². The maximum absolute atomic E-state index is 12.9. The molecule has 29 heavy (non-hydrogen) atoms. The van der Waals surface area contributed by atoms with E-state index < -0.39 is 6.10 Å². The van der Waals surface area contributed by atoms with Gasteiger partial charge in [0, 0.05) is 12.3 Å². The Kier molecular flexibility index (Phi) is 6.98. The lowest BCUT2D eigenvalue weighted by atomic mass is 10.1. The number of fused-ring (bicyclic) bond motifs is 1. The second kappa shape index (κ2) is 9.46. The molecular weight excluding hydrogens is 384 g/mol. The second-order valence-corrected chi connectivity index (χ2v) is 8.71. The highest BCUT2D eigenvalue weighted by atomic mass is 32.2. The smallest absolute Gasteiger partial charge is 0.262 e. The number of nitrogens with zero attached hydrogens (tertiary/aromatic N) is 2. The fourth-order valence-corrected chi connectivity index (χ4v) is 4.12. The SMILES string of the molecule is Cc1cccc(C)c1OC[C@@H](O)CSc1nc2ccccc2c(=O)n1CC(C)C. The molecule has 0 amide bonds. The van der Waals surface area contributed by atoms with E-state index >= 15 is 0 Å². The van der Waals surface area contributed by atoms with E-state index in [-0.39, 0.29) is 12.2 Å². The van der Waals surface area contributed by atoms with Crippen LogP contribution in [0.4, 0.5) is 0 Å². The third-order valence-corrected chi connectivity index (χ3v) is 5.73.